The lowest BCUT2D eigenvalue weighted by Gasteiger charge is -2.32. The quantitative estimate of drug-likeness (QED) is 0.495. The molecule has 0 saturated heterocycles. The van der Waals surface area contributed by atoms with E-state index in [2.05, 4.69) is 5.32 Å². The normalized spacial score (nSPS) is 13.1. The maximum atomic E-state index is 13.5. The molecule has 2 aromatic rings. The van der Waals surface area contributed by atoms with Crippen LogP contribution in [0.1, 0.15) is 38.3 Å². The summed E-state index contributed by atoms with van der Waals surface area (Å²) in [5, 5.41) is 3.76. The Labute approximate surface area is 212 Å². The third-order valence-corrected chi connectivity index (χ3v) is 7.37. The van der Waals surface area contributed by atoms with E-state index in [1.165, 1.54) is 4.90 Å². The molecule has 0 spiro atoms. The van der Waals surface area contributed by atoms with Crippen LogP contribution in [0.5, 0.6) is 0 Å². The van der Waals surface area contributed by atoms with E-state index < -0.39 is 28.5 Å². The second-order valence-electron chi connectivity index (χ2n) is 8.30. The number of rotatable bonds is 10. The highest BCUT2D eigenvalue weighted by atomic mass is 35.5. The first-order valence-electron chi connectivity index (χ1n) is 10.9. The first-order chi connectivity index (χ1) is 15.8. The number of sulfonamides is 1. The molecule has 0 aliphatic heterocycles. The highest BCUT2D eigenvalue weighted by Crippen LogP contribution is 2.28. The van der Waals surface area contributed by atoms with Crippen molar-refractivity contribution in [2.45, 2.75) is 52.7 Å². The van der Waals surface area contributed by atoms with Crippen molar-refractivity contribution in [3.63, 3.8) is 0 Å². The Hall–Kier alpha value is -2.29. The van der Waals surface area contributed by atoms with Crippen molar-refractivity contribution in [1.29, 1.82) is 0 Å². The van der Waals surface area contributed by atoms with E-state index in [0.717, 1.165) is 17.0 Å². The second kappa shape index (κ2) is 11.9. The molecule has 0 aliphatic rings. The molecular formula is C24H31Cl2N3O4S. The molecule has 0 radical (unpaired) electrons. The molecular weight excluding hydrogens is 497 g/mol. The average molecular weight is 529 g/mol. The summed E-state index contributed by atoms with van der Waals surface area (Å²) in [5.74, 6) is -0.855. The molecule has 34 heavy (non-hydrogen) atoms. The van der Waals surface area contributed by atoms with E-state index in [9.17, 15) is 18.0 Å². The molecule has 0 saturated carbocycles. The number of amides is 2. The summed E-state index contributed by atoms with van der Waals surface area (Å²) in [6.45, 7) is 6.73. The van der Waals surface area contributed by atoms with Crippen LogP contribution in [-0.2, 0) is 26.2 Å². The Morgan fingerprint density at radius 1 is 1.09 bits per heavy atom. The summed E-state index contributed by atoms with van der Waals surface area (Å²) < 4.78 is 26.3. The molecule has 2 rings (SSSR count). The van der Waals surface area contributed by atoms with E-state index >= 15 is 0 Å². The van der Waals surface area contributed by atoms with Crippen LogP contribution in [0, 0.1) is 6.92 Å². The van der Waals surface area contributed by atoms with Crippen LogP contribution in [0.15, 0.2) is 42.5 Å². The fourth-order valence-corrected chi connectivity index (χ4v) is 4.62. The van der Waals surface area contributed by atoms with Crippen molar-refractivity contribution in [2.75, 3.05) is 17.1 Å². The summed E-state index contributed by atoms with van der Waals surface area (Å²) >= 11 is 12.3. The predicted molar refractivity (Wildman–Crippen MR) is 138 cm³/mol. The van der Waals surface area contributed by atoms with Gasteiger partial charge in [-0.2, -0.15) is 0 Å². The van der Waals surface area contributed by atoms with Gasteiger partial charge in [0, 0.05) is 22.6 Å². The molecule has 186 valence electrons. The smallest absolute Gasteiger partial charge is 0.244 e. The van der Waals surface area contributed by atoms with Crippen molar-refractivity contribution in [3.05, 3.63) is 63.6 Å². The van der Waals surface area contributed by atoms with Gasteiger partial charge in [-0.1, -0.05) is 48.3 Å². The maximum absolute atomic E-state index is 13.5. The van der Waals surface area contributed by atoms with Gasteiger partial charge in [0.05, 0.1) is 11.9 Å². The Bertz CT molecular complexity index is 1140. The lowest BCUT2D eigenvalue weighted by molar-refractivity contribution is -0.139. The summed E-state index contributed by atoms with van der Waals surface area (Å²) in [7, 11) is -3.83. The highest BCUT2D eigenvalue weighted by molar-refractivity contribution is 7.92. The molecule has 0 bridgehead atoms. The van der Waals surface area contributed by atoms with Crippen LogP contribution in [-0.4, -0.2) is 50.0 Å². The molecule has 2 aromatic carbocycles. The van der Waals surface area contributed by atoms with Gasteiger partial charge in [-0.25, -0.2) is 8.42 Å². The van der Waals surface area contributed by atoms with Crippen molar-refractivity contribution in [2.24, 2.45) is 0 Å². The lowest BCUT2D eigenvalue weighted by atomic mass is 10.1. The lowest BCUT2D eigenvalue weighted by Crippen LogP contribution is -2.52. The first kappa shape index (κ1) is 28.0. The van der Waals surface area contributed by atoms with Gasteiger partial charge >= 0.3 is 0 Å². The van der Waals surface area contributed by atoms with Gasteiger partial charge in [-0.05, 0) is 62.6 Å². The van der Waals surface area contributed by atoms with E-state index in [-0.39, 0.29) is 18.5 Å². The molecule has 1 N–H and O–H groups in total. The van der Waals surface area contributed by atoms with Crippen LogP contribution < -0.4 is 9.62 Å². The Morgan fingerprint density at radius 3 is 2.32 bits per heavy atom. The number of benzene rings is 2. The number of hydrogen-bond donors (Lipinski definition) is 1. The monoisotopic (exact) mass is 527 g/mol. The fraction of sp³-hybridized carbons (Fsp3) is 0.417. The zero-order valence-corrected chi connectivity index (χ0v) is 22.3. The Balaban J connectivity index is 2.43. The van der Waals surface area contributed by atoms with Crippen LogP contribution in [0.25, 0.3) is 0 Å². The topological polar surface area (TPSA) is 86.8 Å². The van der Waals surface area contributed by atoms with Crippen LogP contribution >= 0.6 is 23.2 Å². The SMILES string of the molecule is CC[C@@H](C)NC(=O)[C@@H](C)N(Cc1cccc(Cl)c1)C(=O)CN(c1cccc(Cl)c1C)S(C)(=O)=O. The number of nitrogens with zero attached hydrogens (tertiary/aromatic N) is 2. The second-order valence-corrected chi connectivity index (χ2v) is 11.0. The van der Waals surface area contributed by atoms with Gasteiger partial charge in [-0.15, -0.1) is 0 Å². The molecule has 0 aliphatic carbocycles. The van der Waals surface area contributed by atoms with Crippen molar-refractivity contribution < 1.29 is 18.0 Å². The molecule has 2 amide bonds. The zero-order chi connectivity index (χ0) is 25.6. The molecule has 10 heteroatoms. The number of anilines is 1. The molecule has 7 nitrogen and oxygen atoms in total. The Morgan fingerprint density at radius 2 is 1.74 bits per heavy atom. The fourth-order valence-electron chi connectivity index (χ4n) is 3.34. The van der Waals surface area contributed by atoms with Crippen molar-refractivity contribution >= 4 is 50.7 Å². The molecule has 0 aromatic heterocycles. The minimum atomic E-state index is -3.83. The van der Waals surface area contributed by atoms with E-state index in [4.69, 9.17) is 23.2 Å². The number of carbonyl (C=O) groups is 2. The van der Waals surface area contributed by atoms with Crippen LogP contribution in [0.3, 0.4) is 0 Å². The average Bonchev–Trinajstić information content (AvgIpc) is 2.76. The number of carbonyl (C=O) groups excluding carboxylic acids is 2. The van der Waals surface area contributed by atoms with Crippen LogP contribution in [0.2, 0.25) is 10.0 Å². The summed E-state index contributed by atoms with van der Waals surface area (Å²) in [5.41, 5.74) is 1.56. The van der Waals surface area contributed by atoms with Crippen molar-refractivity contribution in [1.82, 2.24) is 10.2 Å². The minimum absolute atomic E-state index is 0.0697. The van der Waals surface area contributed by atoms with Crippen molar-refractivity contribution in [3.8, 4) is 0 Å². The number of hydrogen-bond acceptors (Lipinski definition) is 4. The van der Waals surface area contributed by atoms with E-state index in [1.807, 2.05) is 13.8 Å². The molecule has 0 heterocycles. The summed E-state index contributed by atoms with van der Waals surface area (Å²) in [6.07, 6.45) is 1.76. The molecule has 0 fully saturated rings. The molecule has 0 unspecified atom stereocenters. The summed E-state index contributed by atoms with van der Waals surface area (Å²) in [6, 6.07) is 10.9. The van der Waals surface area contributed by atoms with Gasteiger partial charge < -0.3 is 10.2 Å². The predicted octanol–water partition coefficient (Wildman–Crippen LogP) is 4.40. The van der Waals surface area contributed by atoms with Gasteiger partial charge in [0.25, 0.3) is 0 Å². The van der Waals surface area contributed by atoms with Crippen LogP contribution in [0.4, 0.5) is 5.69 Å². The third-order valence-electron chi connectivity index (χ3n) is 5.60. The van der Waals surface area contributed by atoms with E-state index in [1.54, 1.807) is 56.3 Å². The largest absolute Gasteiger partial charge is 0.352 e. The van der Waals surface area contributed by atoms with Gasteiger partial charge in [0.2, 0.25) is 21.8 Å². The Kier molecular flexibility index (Phi) is 9.79. The van der Waals surface area contributed by atoms with Gasteiger partial charge in [0.1, 0.15) is 12.6 Å². The van der Waals surface area contributed by atoms with Gasteiger partial charge in [-0.3, -0.25) is 13.9 Å². The zero-order valence-electron chi connectivity index (χ0n) is 20.0. The number of halogens is 2. The third kappa shape index (κ3) is 7.35. The number of nitrogens with one attached hydrogen (secondary N) is 1. The summed E-state index contributed by atoms with van der Waals surface area (Å²) in [4.78, 5) is 27.8. The minimum Gasteiger partial charge on any atom is -0.352 e. The maximum Gasteiger partial charge on any atom is 0.244 e. The highest BCUT2D eigenvalue weighted by Gasteiger charge is 2.31. The first-order valence-corrected chi connectivity index (χ1v) is 13.5. The standard InChI is InChI=1S/C24H31Cl2N3O4S/c1-6-16(2)27-24(31)18(4)28(14-19-9-7-10-20(25)13-19)23(30)15-29(34(5,32)33)22-12-8-11-21(26)17(22)3/h7-13,16,18H,6,14-15H2,1-5H3,(H,27,31)/t16-,18-/m1/s1. The molecule has 2 atom stereocenters. The van der Waals surface area contributed by atoms with E-state index in [0.29, 0.717) is 26.9 Å². The van der Waals surface area contributed by atoms with Gasteiger partial charge in [0.15, 0.2) is 0 Å².